The maximum Gasteiger partial charge on any atom is 0.269 e. The zero-order chi connectivity index (χ0) is 18.0. The van der Waals surface area contributed by atoms with E-state index in [-0.39, 0.29) is 17.9 Å². The SMILES string of the molecule is CCCn1nccc1C(=O)NCc1nc2cc(C(C)(C)C)ccc2o1. The number of rotatable bonds is 5. The molecule has 0 saturated heterocycles. The molecule has 0 aliphatic heterocycles. The molecule has 1 amide bonds. The van der Waals surface area contributed by atoms with Crippen LogP contribution < -0.4 is 5.32 Å². The molecule has 2 heterocycles. The zero-order valence-corrected chi connectivity index (χ0v) is 15.2. The number of carbonyl (C=O) groups excluding carboxylic acids is 1. The van der Waals surface area contributed by atoms with Crippen molar-refractivity contribution in [3.63, 3.8) is 0 Å². The van der Waals surface area contributed by atoms with E-state index in [1.165, 1.54) is 5.56 Å². The van der Waals surface area contributed by atoms with Crippen LogP contribution in [-0.2, 0) is 18.5 Å². The molecule has 0 bridgehead atoms. The van der Waals surface area contributed by atoms with Crippen LogP contribution in [0.15, 0.2) is 34.9 Å². The minimum Gasteiger partial charge on any atom is -0.439 e. The molecule has 25 heavy (non-hydrogen) atoms. The lowest BCUT2D eigenvalue weighted by Gasteiger charge is -2.18. The summed E-state index contributed by atoms with van der Waals surface area (Å²) in [6.45, 7) is 9.50. The molecule has 3 aromatic rings. The number of hydrogen-bond donors (Lipinski definition) is 1. The molecule has 132 valence electrons. The van der Waals surface area contributed by atoms with Crippen LogP contribution in [-0.4, -0.2) is 20.7 Å². The van der Waals surface area contributed by atoms with Gasteiger partial charge in [0.1, 0.15) is 11.2 Å². The number of hydrogen-bond acceptors (Lipinski definition) is 4. The number of aromatic nitrogens is 3. The normalized spacial score (nSPS) is 11.8. The van der Waals surface area contributed by atoms with Crippen LogP contribution in [0.1, 0.15) is 56.1 Å². The summed E-state index contributed by atoms with van der Waals surface area (Å²) in [7, 11) is 0. The first-order valence-electron chi connectivity index (χ1n) is 8.58. The van der Waals surface area contributed by atoms with E-state index in [9.17, 15) is 4.79 Å². The van der Waals surface area contributed by atoms with E-state index in [2.05, 4.69) is 42.2 Å². The molecule has 0 unspecified atom stereocenters. The van der Waals surface area contributed by atoms with Gasteiger partial charge >= 0.3 is 0 Å². The highest BCUT2D eigenvalue weighted by Crippen LogP contribution is 2.26. The Kier molecular flexibility index (Phi) is 4.61. The van der Waals surface area contributed by atoms with Crippen molar-refractivity contribution < 1.29 is 9.21 Å². The van der Waals surface area contributed by atoms with Crippen LogP contribution in [0.4, 0.5) is 0 Å². The Hall–Kier alpha value is -2.63. The molecule has 0 aliphatic carbocycles. The van der Waals surface area contributed by atoms with Crippen molar-refractivity contribution in [2.75, 3.05) is 0 Å². The van der Waals surface area contributed by atoms with Crippen LogP contribution in [0.2, 0.25) is 0 Å². The first-order valence-corrected chi connectivity index (χ1v) is 8.58. The summed E-state index contributed by atoms with van der Waals surface area (Å²) < 4.78 is 7.44. The van der Waals surface area contributed by atoms with Crippen molar-refractivity contribution in [3.05, 3.63) is 47.6 Å². The van der Waals surface area contributed by atoms with E-state index in [0.717, 1.165) is 17.5 Å². The Morgan fingerprint density at radius 1 is 1.28 bits per heavy atom. The van der Waals surface area contributed by atoms with Gasteiger partial charge in [0.15, 0.2) is 5.58 Å². The Balaban J connectivity index is 1.73. The van der Waals surface area contributed by atoms with Gasteiger partial charge in [-0.1, -0.05) is 33.8 Å². The molecule has 3 rings (SSSR count). The summed E-state index contributed by atoms with van der Waals surface area (Å²) in [4.78, 5) is 16.8. The van der Waals surface area contributed by atoms with Crippen LogP contribution in [0, 0.1) is 0 Å². The number of nitrogens with one attached hydrogen (secondary N) is 1. The summed E-state index contributed by atoms with van der Waals surface area (Å²) in [5, 5.41) is 7.02. The average molecular weight is 340 g/mol. The van der Waals surface area contributed by atoms with E-state index >= 15 is 0 Å². The van der Waals surface area contributed by atoms with Crippen molar-refractivity contribution in [1.29, 1.82) is 0 Å². The second-order valence-corrected chi connectivity index (χ2v) is 7.16. The van der Waals surface area contributed by atoms with Gasteiger partial charge in [-0.25, -0.2) is 4.98 Å². The van der Waals surface area contributed by atoms with E-state index < -0.39 is 0 Å². The number of nitrogens with zero attached hydrogens (tertiary/aromatic N) is 3. The molecule has 0 radical (unpaired) electrons. The second-order valence-electron chi connectivity index (χ2n) is 7.16. The summed E-state index contributed by atoms with van der Waals surface area (Å²) in [6.07, 6.45) is 2.56. The van der Waals surface area contributed by atoms with Gasteiger partial charge in [0, 0.05) is 12.7 Å². The maximum atomic E-state index is 12.3. The van der Waals surface area contributed by atoms with Gasteiger partial charge in [0.05, 0.1) is 6.54 Å². The smallest absolute Gasteiger partial charge is 0.269 e. The molecule has 6 heteroatoms. The lowest BCUT2D eigenvalue weighted by Crippen LogP contribution is -2.26. The van der Waals surface area contributed by atoms with Crippen molar-refractivity contribution in [3.8, 4) is 0 Å². The van der Waals surface area contributed by atoms with Crippen molar-refractivity contribution in [1.82, 2.24) is 20.1 Å². The molecule has 2 aromatic heterocycles. The van der Waals surface area contributed by atoms with Gasteiger partial charge in [-0.2, -0.15) is 5.10 Å². The molecule has 0 aliphatic rings. The van der Waals surface area contributed by atoms with E-state index in [1.54, 1.807) is 16.9 Å². The van der Waals surface area contributed by atoms with Crippen molar-refractivity contribution in [2.24, 2.45) is 0 Å². The minimum absolute atomic E-state index is 0.0548. The standard InChI is InChI=1S/C19H24N4O2/c1-5-10-23-15(8-9-21-23)18(24)20-12-17-22-14-11-13(19(2,3)4)6-7-16(14)25-17/h6-9,11H,5,10,12H2,1-4H3,(H,20,24). The summed E-state index contributed by atoms with van der Waals surface area (Å²) in [5.41, 5.74) is 3.35. The second kappa shape index (κ2) is 6.70. The van der Waals surface area contributed by atoms with Gasteiger partial charge in [-0.3, -0.25) is 9.48 Å². The van der Waals surface area contributed by atoms with Crippen LogP contribution in [0.5, 0.6) is 0 Å². The fraction of sp³-hybridized carbons (Fsp3) is 0.421. The topological polar surface area (TPSA) is 73.0 Å². The van der Waals surface area contributed by atoms with Crippen LogP contribution in [0.3, 0.4) is 0 Å². The third-order valence-electron chi connectivity index (χ3n) is 4.08. The maximum absolute atomic E-state index is 12.3. The van der Waals surface area contributed by atoms with Gasteiger partial charge in [0.2, 0.25) is 5.89 Å². The van der Waals surface area contributed by atoms with Crippen molar-refractivity contribution in [2.45, 2.75) is 52.6 Å². The zero-order valence-electron chi connectivity index (χ0n) is 15.2. The first kappa shape index (κ1) is 17.2. The van der Waals surface area contributed by atoms with Crippen LogP contribution >= 0.6 is 0 Å². The van der Waals surface area contributed by atoms with Crippen LogP contribution in [0.25, 0.3) is 11.1 Å². The van der Waals surface area contributed by atoms with E-state index in [0.29, 0.717) is 18.1 Å². The highest BCUT2D eigenvalue weighted by Gasteiger charge is 2.17. The molecule has 0 fully saturated rings. The summed E-state index contributed by atoms with van der Waals surface area (Å²) in [6, 6.07) is 7.75. The monoisotopic (exact) mass is 340 g/mol. The third-order valence-corrected chi connectivity index (χ3v) is 4.08. The Morgan fingerprint density at radius 3 is 2.80 bits per heavy atom. The van der Waals surface area contributed by atoms with Gasteiger partial charge in [-0.05, 0) is 35.6 Å². The highest BCUT2D eigenvalue weighted by molar-refractivity contribution is 5.92. The molecule has 0 spiro atoms. The summed E-state index contributed by atoms with van der Waals surface area (Å²) >= 11 is 0. The summed E-state index contributed by atoms with van der Waals surface area (Å²) in [5.74, 6) is 0.319. The van der Waals surface area contributed by atoms with Gasteiger partial charge in [-0.15, -0.1) is 0 Å². The fourth-order valence-electron chi connectivity index (χ4n) is 2.68. The highest BCUT2D eigenvalue weighted by atomic mass is 16.3. The average Bonchev–Trinajstić information content (AvgIpc) is 3.17. The molecule has 1 N–H and O–H groups in total. The Bertz CT molecular complexity index is 886. The first-order chi connectivity index (χ1) is 11.9. The van der Waals surface area contributed by atoms with Gasteiger partial charge in [0.25, 0.3) is 5.91 Å². The third kappa shape index (κ3) is 3.73. The lowest BCUT2D eigenvalue weighted by atomic mass is 9.87. The van der Waals surface area contributed by atoms with E-state index in [1.807, 2.05) is 19.1 Å². The minimum atomic E-state index is -0.177. The number of aryl methyl sites for hydroxylation is 1. The molecule has 0 saturated carbocycles. The fourth-order valence-corrected chi connectivity index (χ4v) is 2.68. The number of amides is 1. The van der Waals surface area contributed by atoms with Gasteiger partial charge < -0.3 is 9.73 Å². The number of benzene rings is 1. The Morgan fingerprint density at radius 2 is 2.08 bits per heavy atom. The molecule has 1 aromatic carbocycles. The number of oxazole rings is 1. The van der Waals surface area contributed by atoms with Crippen molar-refractivity contribution >= 4 is 17.0 Å². The number of fused-ring (bicyclic) bond motifs is 1. The molecular weight excluding hydrogens is 316 g/mol. The molecular formula is C19H24N4O2. The molecule has 6 nitrogen and oxygen atoms in total. The molecule has 0 atom stereocenters. The Labute approximate surface area is 147 Å². The van der Waals surface area contributed by atoms with E-state index in [4.69, 9.17) is 4.42 Å². The predicted molar refractivity (Wildman–Crippen MR) is 96.4 cm³/mol. The number of carbonyl (C=O) groups is 1. The quantitative estimate of drug-likeness (QED) is 0.769. The largest absolute Gasteiger partial charge is 0.439 e. The lowest BCUT2D eigenvalue weighted by molar-refractivity contribution is 0.0936. The predicted octanol–water partition coefficient (Wildman–Crippen LogP) is 3.66.